The van der Waals surface area contributed by atoms with E-state index in [0.29, 0.717) is 12.3 Å². The van der Waals surface area contributed by atoms with Crippen LogP contribution in [0.5, 0.6) is 0 Å². The second-order valence-corrected chi connectivity index (χ2v) is 6.43. The maximum Gasteiger partial charge on any atom is 0.325 e. The van der Waals surface area contributed by atoms with Gasteiger partial charge in [0.05, 0.1) is 6.61 Å². The number of halogens is 1. The zero-order valence-corrected chi connectivity index (χ0v) is 14.2. The van der Waals surface area contributed by atoms with E-state index in [9.17, 15) is 9.59 Å². The fourth-order valence-electron chi connectivity index (χ4n) is 2.29. The average Bonchev–Trinajstić information content (AvgIpc) is 3.17. The van der Waals surface area contributed by atoms with Gasteiger partial charge in [-0.25, -0.2) is 0 Å². The Hall–Kier alpha value is -1.30. The third-order valence-corrected chi connectivity index (χ3v) is 3.88. The lowest BCUT2D eigenvalue weighted by atomic mass is 10.3. The van der Waals surface area contributed by atoms with Crippen LogP contribution in [-0.4, -0.2) is 40.5 Å². The number of carbonyl (C=O) groups is 2. The van der Waals surface area contributed by atoms with Crippen LogP contribution >= 0.6 is 15.9 Å². The molecule has 1 aliphatic rings. The smallest absolute Gasteiger partial charge is 0.325 e. The van der Waals surface area contributed by atoms with Gasteiger partial charge in [-0.2, -0.15) is 0 Å². The van der Waals surface area contributed by atoms with E-state index in [1.165, 1.54) is 0 Å². The molecule has 1 aliphatic carbocycles. The first-order valence-corrected chi connectivity index (χ1v) is 8.07. The fraction of sp³-hybridized carbons (Fsp3) is 0.600. The molecule has 1 fully saturated rings. The Bertz CT molecular complexity index is 535. The molecule has 6 heteroatoms. The first-order valence-electron chi connectivity index (χ1n) is 7.28. The van der Waals surface area contributed by atoms with E-state index in [1.807, 2.05) is 30.7 Å². The molecule has 1 saturated carbocycles. The molecule has 0 aromatic carbocycles. The quantitative estimate of drug-likeness (QED) is 0.736. The number of rotatable bonds is 6. The van der Waals surface area contributed by atoms with E-state index < -0.39 is 0 Å². The Labute approximate surface area is 133 Å². The van der Waals surface area contributed by atoms with Crippen molar-refractivity contribution in [3.63, 3.8) is 0 Å². The molecular weight excluding hydrogens is 336 g/mol. The minimum Gasteiger partial charge on any atom is -0.465 e. The monoisotopic (exact) mass is 356 g/mol. The number of nitrogens with zero attached hydrogens (tertiary/aromatic N) is 2. The molecule has 1 aromatic heterocycles. The first kappa shape index (κ1) is 16.1. The molecule has 0 aliphatic heterocycles. The molecular formula is C15H21BrN2O3. The van der Waals surface area contributed by atoms with Crippen molar-refractivity contribution < 1.29 is 14.3 Å². The summed E-state index contributed by atoms with van der Waals surface area (Å²) in [4.78, 5) is 26.1. The summed E-state index contributed by atoms with van der Waals surface area (Å²) >= 11 is 3.41. The minimum absolute atomic E-state index is 0.0260. The van der Waals surface area contributed by atoms with E-state index in [2.05, 4.69) is 15.9 Å². The second-order valence-electron chi connectivity index (χ2n) is 5.51. The van der Waals surface area contributed by atoms with Crippen LogP contribution in [0, 0.1) is 0 Å². The number of esters is 1. The number of carbonyl (C=O) groups excluding carboxylic acids is 2. The normalized spacial score (nSPS) is 14.3. The van der Waals surface area contributed by atoms with Crippen molar-refractivity contribution >= 4 is 27.8 Å². The highest BCUT2D eigenvalue weighted by Crippen LogP contribution is 2.29. The molecule has 1 aromatic rings. The van der Waals surface area contributed by atoms with Crippen LogP contribution in [0.1, 0.15) is 50.1 Å². The molecule has 5 nitrogen and oxygen atoms in total. The van der Waals surface area contributed by atoms with Gasteiger partial charge in [-0.15, -0.1) is 0 Å². The van der Waals surface area contributed by atoms with E-state index in [-0.39, 0.29) is 30.5 Å². The predicted molar refractivity (Wildman–Crippen MR) is 83.2 cm³/mol. The van der Waals surface area contributed by atoms with Crippen molar-refractivity contribution in [3.8, 4) is 0 Å². The Morgan fingerprint density at radius 3 is 2.67 bits per heavy atom. The summed E-state index contributed by atoms with van der Waals surface area (Å²) in [5.74, 6) is -0.454. The molecule has 0 bridgehead atoms. The van der Waals surface area contributed by atoms with Gasteiger partial charge in [0.1, 0.15) is 12.2 Å². The van der Waals surface area contributed by atoms with Gasteiger partial charge in [-0.05, 0) is 55.6 Å². The topological polar surface area (TPSA) is 51.5 Å². The van der Waals surface area contributed by atoms with Gasteiger partial charge in [-0.1, -0.05) is 0 Å². The second kappa shape index (κ2) is 6.64. The standard InChI is InChI=1S/C15H21BrN2O3/c1-4-21-14(19)9-18(12-5-6-12)15(20)13-7-11(16)8-17(13)10(2)3/h7-8,10,12H,4-6,9H2,1-3H3. The fourth-order valence-corrected chi connectivity index (χ4v) is 2.73. The summed E-state index contributed by atoms with van der Waals surface area (Å²) in [6, 6.07) is 2.15. The molecule has 0 atom stereocenters. The summed E-state index contributed by atoms with van der Waals surface area (Å²) in [6.45, 7) is 6.17. The van der Waals surface area contributed by atoms with Gasteiger partial charge in [0.2, 0.25) is 0 Å². The van der Waals surface area contributed by atoms with Gasteiger partial charge in [0.25, 0.3) is 5.91 Å². The predicted octanol–water partition coefficient (Wildman–Crippen LogP) is 3.00. The van der Waals surface area contributed by atoms with E-state index >= 15 is 0 Å². The molecule has 0 unspecified atom stereocenters. The third-order valence-electron chi connectivity index (χ3n) is 3.44. The molecule has 0 saturated heterocycles. The molecule has 116 valence electrons. The lowest BCUT2D eigenvalue weighted by Crippen LogP contribution is -2.39. The number of hydrogen-bond donors (Lipinski definition) is 0. The van der Waals surface area contributed by atoms with E-state index in [0.717, 1.165) is 17.3 Å². The van der Waals surface area contributed by atoms with Crippen LogP contribution in [0.3, 0.4) is 0 Å². The highest BCUT2D eigenvalue weighted by Gasteiger charge is 2.36. The van der Waals surface area contributed by atoms with E-state index in [4.69, 9.17) is 4.74 Å². The molecule has 2 rings (SSSR count). The van der Waals surface area contributed by atoms with Crippen molar-refractivity contribution in [1.29, 1.82) is 0 Å². The van der Waals surface area contributed by atoms with Gasteiger partial charge in [0, 0.05) is 22.8 Å². The van der Waals surface area contributed by atoms with Crippen LogP contribution in [0.4, 0.5) is 0 Å². The summed E-state index contributed by atoms with van der Waals surface area (Å²) < 4.78 is 7.76. The minimum atomic E-state index is -0.348. The lowest BCUT2D eigenvalue weighted by molar-refractivity contribution is -0.144. The van der Waals surface area contributed by atoms with Gasteiger partial charge < -0.3 is 14.2 Å². The number of hydrogen-bond acceptors (Lipinski definition) is 3. The summed E-state index contributed by atoms with van der Waals surface area (Å²) in [6.07, 6.45) is 3.80. The van der Waals surface area contributed by atoms with Crippen LogP contribution < -0.4 is 0 Å². The zero-order chi connectivity index (χ0) is 15.6. The number of amides is 1. The highest BCUT2D eigenvalue weighted by molar-refractivity contribution is 9.10. The van der Waals surface area contributed by atoms with Gasteiger partial charge >= 0.3 is 5.97 Å². The maximum absolute atomic E-state index is 12.8. The number of aromatic nitrogens is 1. The van der Waals surface area contributed by atoms with Crippen molar-refractivity contribution in [2.75, 3.05) is 13.2 Å². The van der Waals surface area contributed by atoms with Gasteiger partial charge in [0.15, 0.2) is 0 Å². The zero-order valence-electron chi connectivity index (χ0n) is 12.6. The van der Waals surface area contributed by atoms with Crippen molar-refractivity contribution in [2.24, 2.45) is 0 Å². The Morgan fingerprint density at radius 2 is 2.14 bits per heavy atom. The molecule has 0 N–H and O–H groups in total. The Kier molecular flexibility index (Phi) is 5.08. The van der Waals surface area contributed by atoms with Crippen LogP contribution in [0.25, 0.3) is 0 Å². The van der Waals surface area contributed by atoms with Crippen LogP contribution in [0.2, 0.25) is 0 Å². The third kappa shape index (κ3) is 3.87. The SMILES string of the molecule is CCOC(=O)CN(C(=O)c1cc(Br)cn1C(C)C)C1CC1. The van der Waals surface area contributed by atoms with Crippen molar-refractivity contribution in [2.45, 2.75) is 45.7 Å². The first-order chi connectivity index (χ1) is 9.93. The van der Waals surface area contributed by atoms with Gasteiger partial charge in [-0.3, -0.25) is 9.59 Å². The molecule has 0 radical (unpaired) electrons. The molecule has 0 spiro atoms. The van der Waals surface area contributed by atoms with Crippen molar-refractivity contribution in [1.82, 2.24) is 9.47 Å². The molecule has 1 amide bonds. The molecule has 1 heterocycles. The van der Waals surface area contributed by atoms with Crippen molar-refractivity contribution in [3.05, 3.63) is 22.4 Å². The van der Waals surface area contributed by atoms with Crippen LogP contribution in [0.15, 0.2) is 16.7 Å². The largest absolute Gasteiger partial charge is 0.465 e. The average molecular weight is 357 g/mol. The Morgan fingerprint density at radius 1 is 1.48 bits per heavy atom. The summed E-state index contributed by atoms with van der Waals surface area (Å²) in [7, 11) is 0. The van der Waals surface area contributed by atoms with Crippen LogP contribution in [-0.2, 0) is 9.53 Å². The summed E-state index contributed by atoms with van der Waals surface area (Å²) in [5, 5.41) is 0. The Balaban J connectivity index is 2.20. The lowest BCUT2D eigenvalue weighted by Gasteiger charge is -2.23. The number of ether oxygens (including phenoxy) is 1. The summed E-state index contributed by atoms with van der Waals surface area (Å²) in [5.41, 5.74) is 0.605. The van der Waals surface area contributed by atoms with E-state index in [1.54, 1.807) is 11.8 Å². The highest BCUT2D eigenvalue weighted by atomic mass is 79.9. The maximum atomic E-state index is 12.8. The molecule has 21 heavy (non-hydrogen) atoms.